The van der Waals surface area contributed by atoms with E-state index in [1.807, 2.05) is 56.2 Å². The monoisotopic (exact) mass is 259 g/mol. The second-order valence-electron chi connectivity index (χ2n) is 5.07. The first-order chi connectivity index (χ1) is 9.09. The van der Waals surface area contributed by atoms with Gasteiger partial charge in [0, 0.05) is 42.8 Å². The van der Waals surface area contributed by atoms with Gasteiger partial charge in [-0.3, -0.25) is 4.79 Å². The number of para-hydroxylation sites is 1. The van der Waals surface area contributed by atoms with Gasteiger partial charge in [-0.2, -0.15) is 0 Å². The molecule has 4 heteroatoms. The Balaban J connectivity index is 2.05. The van der Waals surface area contributed by atoms with E-state index < -0.39 is 0 Å². The fraction of sp³-hybridized carbons (Fsp3) is 0.400. The van der Waals surface area contributed by atoms with E-state index in [0.29, 0.717) is 6.54 Å². The highest BCUT2D eigenvalue weighted by atomic mass is 16.1. The number of nitrogens with zero attached hydrogens (tertiary/aromatic N) is 2. The predicted octanol–water partition coefficient (Wildman–Crippen LogP) is 1.51. The van der Waals surface area contributed by atoms with Crippen LogP contribution >= 0.6 is 0 Å². The van der Waals surface area contributed by atoms with Gasteiger partial charge in [-0.15, -0.1) is 0 Å². The van der Waals surface area contributed by atoms with E-state index in [2.05, 4.69) is 10.2 Å². The van der Waals surface area contributed by atoms with Crippen LogP contribution in [0.4, 0.5) is 0 Å². The molecule has 19 heavy (non-hydrogen) atoms. The van der Waals surface area contributed by atoms with E-state index in [1.54, 1.807) is 0 Å². The third kappa shape index (κ3) is 3.22. The number of fused-ring (bicyclic) bond motifs is 1. The van der Waals surface area contributed by atoms with Crippen LogP contribution in [0.1, 0.15) is 10.4 Å². The zero-order chi connectivity index (χ0) is 13.8. The lowest BCUT2D eigenvalue weighted by Gasteiger charge is -2.09. The van der Waals surface area contributed by atoms with Crippen LogP contribution in [-0.2, 0) is 7.05 Å². The molecule has 0 spiro atoms. The van der Waals surface area contributed by atoms with E-state index in [4.69, 9.17) is 0 Å². The van der Waals surface area contributed by atoms with Gasteiger partial charge in [0.05, 0.1) is 6.54 Å². The maximum Gasteiger partial charge on any atom is 0.178 e. The number of hydrogen-bond donors (Lipinski definition) is 1. The molecule has 0 unspecified atom stereocenters. The molecular formula is C15H21N3O. The molecular weight excluding hydrogens is 238 g/mol. The number of aryl methyl sites for hydroxylation is 1. The number of ketones is 1. The molecule has 1 N–H and O–H groups in total. The van der Waals surface area contributed by atoms with Crippen LogP contribution in [0.25, 0.3) is 10.9 Å². The molecule has 0 amide bonds. The number of hydrogen-bond acceptors (Lipinski definition) is 3. The summed E-state index contributed by atoms with van der Waals surface area (Å²) in [6.07, 6.45) is 1.92. The topological polar surface area (TPSA) is 37.3 Å². The lowest BCUT2D eigenvalue weighted by atomic mass is 10.1. The fourth-order valence-corrected chi connectivity index (χ4v) is 2.16. The largest absolute Gasteiger partial charge is 0.350 e. The summed E-state index contributed by atoms with van der Waals surface area (Å²) in [7, 11) is 6.01. The van der Waals surface area contributed by atoms with Gasteiger partial charge in [0.25, 0.3) is 0 Å². The Morgan fingerprint density at radius 3 is 2.79 bits per heavy atom. The van der Waals surface area contributed by atoms with Gasteiger partial charge < -0.3 is 14.8 Å². The van der Waals surface area contributed by atoms with E-state index in [1.165, 1.54) is 0 Å². The SMILES string of the molecule is CN(C)CCNCC(=O)c1cn(C)c2ccccc12. The molecule has 0 aliphatic heterocycles. The summed E-state index contributed by atoms with van der Waals surface area (Å²) in [6.45, 7) is 2.15. The first kappa shape index (κ1) is 13.8. The van der Waals surface area contributed by atoms with Crippen molar-refractivity contribution in [3.8, 4) is 0 Å². The molecule has 0 radical (unpaired) electrons. The highest BCUT2D eigenvalue weighted by Crippen LogP contribution is 2.20. The number of carbonyl (C=O) groups is 1. The minimum Gasteiger partial charge on any atom is -0.350 e. The third-order valence-electron chi connectivity index (χ3n) is 3.22. The zero-order valence-electron chi connectivity index (χ0n) is 11.8. The molecule has 0 bridgehead atoms. The van der Waals surface area contributed by atoms with Crippen molar-refractivity contribution in [2.45, 2.75) is 0 Å². The van der Waals surface area contributed by atoms with Gasteiger partial charge in [0.15, 0.2) is 5.78 Å². The predicted molar refractivity (Wildman–Crippen MR) is 78.7 cm³/mol. The fourth-order valence-electron chi connectivity index (χ4n) is 2.16. The Labute approximate surface area is 114 Å². The summed E-state index contributed by atoms with van der Waals surface area (Å²) in [4.78, 5) is 14.3. The molecule has 0 aliphatic carbocycles. The Morgan fingerprint density at radius 2 is 2.05 bits per heavy atom. The summed E-state index contributed by atoms with van der Waals surface area (Å²) in [6, 6.07) is 8.00. The summed E-state index contributed by atoms with van der Waals surface area (Å²) < 4.78 is 2.00. The Kier molecular flexibility index (Phi) is 4.35. The molecule has 1 heterocycles. The lowest BCUT2D eigenvalue weighted by Crippen LogP contribution is -2.30. The molecule has 4 nitrogen and oxygen atoms in total. The van der Waals surface area contributed by atoms with E-state index in [0.717, 1.165) is 29.6 Å². The van der Waals surface area contributed by atoms with Crippen molar-refractivity contribution >= 4 is 16.7 Å². The van der Waals surface area contributed by atoms with Gasteiger partial charge in [0.2, 0.25) is 0 Å². The van der Waals surface area contributed by atoms with Crippen LogP contribution in [0.2, 0.25) is 0 Å². The number of rotatable bonds is 6. The zero-order valence-corrected chi connectivity index (χ0v) is 11.8. The molecule has 0 saturated heterocycles. The summed E-state index contributed by atoms with van der Waals surface area (Å²) in [5, 5.41) is 4.22. The Hall–Kier alpha value is -1.65. The quantitative estimate of drug-likeness (QED) is 0.631. The normalized spacial score (nSPS) is 11.4. The number of aromatic nitrogens is 1. The number of nitrogens with one attached hydrogen (secondary N) is 1. The molecule has 0 atom stereocenters. The number of carbonyl (C=O) groups excluding carboxylic acids is 1. The van der Waals surface area contributed by atoms with Gasteiger partial charge in [0.1, 0.15) is 0 Å². The van der Waals surface area contributed by atoms with E-state index in [-0.39, 0.29) is 5.78 Å². The van der Waals surface area contributed by atoms with Crippen LogP contribution < -0.4 is 5.32 Å². The second kappa shape index (κ2) is 5.99. The van der Waals surface area contributed by atoms with Crippen LogP contribution in [0.3, 0.4) is 0 Å². The minimum absolute atomic E-state index is 0.149. The second-order valence-corrected chi connectivity index (χ2v) is 5.07. The minimum atomic E-state index is 0.149. The van der Waals surface area contributed by atoms with Crippen LogP contribution in [0.15, 0.2) is 30.5 Å². The smallest absolute Gasteiger partial charge is 0.178 e. The Morgan fingerprint density at radius 1 is 1.32 bits per heavy atom. The summed E-state index contributed by atoms with van der Waals surface area (Å²) >= 11 is 0. The Bertz CT molecular complexity index is 572. The lowest BCUT2D eigenvalue weighted by molar-refractivity contribution is 0.0992. The average Bonchev–Trinajstić information content (AvgIpc) is 2.72. The van der Waals surface area contributed by atoms with Gasteiger partial charge in [-0.1, -0.05) is 18.2 Å². The van der Waals surface area contributed by atoms with Crippen molar-refractivity contribution in [2.24, 2.45) is 7.05 Å². The highest BCUT2D eigenvalue weighted by Gasteiger charge is 2.12. The standard InChI is InChI=1S/C15H21N3O/c1-17(2)9-8-16-10-15(19)13-11-18(3)14-7-5-4-6-12(13)14/h4-7,11,16H,8-10H2,1-3H3. The van der Waals surface area contributed by atoms with E-state index >= 15 is 0 Å². The van der Waals surface area contributed by atoms with Crippen molar-refractivity contribution in [1.82, 2.24) is 14.8 Å². The summed E-state index contributed by atoms with van der Waals surface area (Å²) in [5.74, 6) is 0.149. The first-order valence-electron chi connectivity index (χ1n) is 6.52. The van der Waals surface area contributed by atoms with Crippen LogP contribution in [-0.4, -0.2) is 49.0 Å². The third-order valence-corrected chi connectivity index (χ3v) is 3.22. The molecule has 0 aliphatic rings. The van der Waals surface area contributed by atoms with Crippen molar-refractivity contribution in [3.05, 3.63) is 36.0 Å². The number of benzene rings is 1. The number of Topliss-reactive ketones (excluding diaryl/α,β-unsaturated/α-hetero) is 1. The number of likely N-dealkylation sites (N-methyl/N-ethyl adjacent to an activating group) is 1. The first-order valence-corrected chi connectivity index (χ1v) is 6.52. The highest BCUT2D eigenvalue weighted by molar-refractivity contribution is 6.09. The molecule has 0 saturated carbocycles. The summed E-state index contributed by atoms with van der Waals surface area (Å²) in [5.41, 5.74) is 1.90. The average molecular weight is 259 g/mol. The molecule has 0 fully saturated rings. The molecule has 102 valence electrons. The van der Waals surface area contributed by atoms with Gasteiger partial charge >= 0.3 is 0 Å². The van der Waals surface area contributed by atoms with Crippen molar-refractivity contribution < 1.29 is 4.79 Å². The van der Waals surface area contributed by atoms with Crippen LogP contribution in [0, 0.1) is 0 Å². The van der Waals surface area contributed by atoms with Crippen molar-refractivity contribution in [1.29, 1.82) is 0 Å². The van der Waals surface area contributed by atoms with Gasteiger partial charge in [-0.25, -0.2) is 0 Å². The van der Waals surface area contributed by atoms with Crippen LogP contribution in [0.5, 0.6) is 0 Å². The molecule has 2 aromatic rings. The van der Waals surface area contributed by atoms with Crippen molar-refractivity contribution in [3.63, 3.8) is 0 Å². The van der Waals surface area contributed by atoms with Crippen molar-refractivity contribution in [2.75, 3.05) is 33.7 Å². The molecule has 2 rings (SSSR count). The van der Waals surface area contributed by atoms with E-state index in [9.17, 15) is 4.79 Å². The molecule has 1 aromatic carbocycles. The maximum absolute atomic E-state index is 12.2. The maximum atomic E-state index is 12.2. The van der Waals surface area contributed by atoms with Gasteiger partial charge in [-0.05, 0) is 20.2 Å². The molecule has 1 aromatic heterocycles.